The average molecular weight is 200 g/mol. The van der Waals surface area contributed by atoms with Crippen molar-refractivity contribution in [3.63, 3.8) is 0 Å². The van der Waals surface area contributed by atoms with E-state index in [9.17, 15) is 14.4 Å². The molecule has 0 bridgehead atoms. The second kappa shape index (κ2) is 5.36. The Kier molecular flexibility index (Phi) is 4.83. The van der Waals surface area contributed by atoms with Gasteiger partial charge in [0.05, 0.1) is 0 Å². The van der Waals surface area contributed by atoms with Crippen LogP contribution < -0.4 is 0 Å². The maximum atomic E-state index is 11.1. The van der Waals surface area contributed by atoms with Crippen LogP contribution in [-0.2, 0) is 14.4 Å². The van der Waals surface area contributed by atoms with Crippen molar-refractivity contribution in [2.45, 2.75) is 20.8 Å². The van der Waals surface area contributed by atoms with Crippen LogP contribution in [0.4, 0.5) is 0 Å². The van der Waals surface area contributed by atoms with E-state index in [0.717, 1.165) is 4.90 Å². The quantitative estimate of drug-likeness (QED) is 0.511. The predicted molar refractivity (Wildman–Crippen MR) is 51.4 cm³/mol. The molecule has 0 aromatic rings. The summed E-state index contributed by atoms with van der Waals surface area (Å²) in [6, 6.07) is 0. The minimum atomic E-state index is -0.726. The summed E-state index contributed by atoms with van der Waals surface area (Å²) >= 11 is 0. The first kappa shape index (κ1) is 12.6. The van der Waals surface area contributed by atoms with Gasteiger partial charge < -0.3 is 4.90 Å². The first-order valence-electron chi connectivity index (χ1n) is 4.61. The van der Waals surface area contributed by atoms with Crippen LogP contribution in [0.25, 0.3) is 0 Å². The number of likely N-dealkylation sites (N-methyl/N-ethyl adjacent to an activating group) is 1. The van der Waals surface area contributed by atoms with Gasteiger partial charge in [-0.2, -0.15) is 0 Å². The molecule has 0 N–H and O–H groups in total. The van der Waals surface area contributed by atoms with Crippen LogP contribution in [0.1, 0.15) is 20.8 Å². The Morgan fingerprint density at radius 1 is 1.14 bits per heavy atom. The molecule has 5 nitrogen and oxygen atoms in total. The van der Waals surface area contributed by atoms with Crippen LogP contribution in [0.5, 0.6) is 0 Å². The molecule has 0 unspecified atom stereocenters. The van der Waals surface area contributed by atoms with Crippen molar-refractivity contribution < 1.29 is 14.4 Å². The van der Waals surface area contributed by atoms with Crippen LogP contribution in [0.2, 0.25) is 0 Å². The van der Waals surface area contributed by atoms with Crippen LogP contribution >= 0.6 is 0 Å². The van der Waals surface area contributed by atoms with Crippen molar-refractivity contribution >= 4 is 17.7 Å². The minimum Gasteiger partial charge on any atom is -0.336 e. The zero-order valence-electron chi connectivity index (χ0n) is 9.03. The number of carbonyl (C=O) groups is 3. The van der Waals surface area contributed by atoms with Gasteiger partial charge >= 0.3 is 11.8 Å². The summed E-state index contributed by atoms with van der Waals surface area (Å²) in [6.45, 7) is 6.00. The zero-order valence-corrected chi connectivity index (χ0v) is 9.03. The second-order valence-corrected chi connectivity index (χ2v) is 2.70. The molecule has 1 rings (SSSR count). The summed E-state index contributed by atoms with van der Waals surface area (Å²) in [5.74, 6) is -1.71. The molecule has 1 heterocycles. The van der Waals surface area contributed by atoms with Gasteiger partial charge in [0.1, 0.15) is 0 Å². The number of imide groups is 1. The molecule has 0 saturated carbocycles. The lowest BCUT2D eigenvalue weighted by Gasteiger charge is -2.29. The summed E-state index contributed by atoms with van der Waals surface area (Å²) in [4.78, 5) is 35.2. The molecule has 0 aromatic carbocycles. The lowest BCUT2D eigenvalue weighted by molar-refractivity contribution is -0.159. The summed E-state index contributed by atoms with van der Waals surface area (Å²) in [5.41, 5.74) is 0. The van der Waals surface area contributed by atoms with E-state index in [2.05, 4.69) is 0 Å². The summed E-state index contributed by atoms with van der Waals surface area (Å²) in [5, 5.41) is 0. The average Bonchev–Trinajstić information content (AvgIpc) is 2.17. The van der Waals surface area contributed by atoms with Crippen LogP contribution in [0.3, 0.4) is 0 Å². The molecule has 1 aliphatic heterocycles. The second-order valence-electron chi connectivity index (χ2n) is 2.70. The Labute approximate surface area is 83.7 Å². The van der Waals surface area contributed by atoms with Gasteiger partial charge in [-0.15, -0.1) is 0 Å². The molecular weight excluding hydrogens is 184 g/mol. The number of amides is 3. The van der Waals surface area contributed by atoms with Gasteiger partial charge in [-0.3, -0.25) is 19.3 Å². The lowest BCUT2D eigenvalue weighted by atomic mass is 10.3. The monoisotopic (exact) mass is 200 g/mol. The van der Waals surface area contributed by atoms with E-state index in [1.54, 1.807) is 0 Å². The number of hydrogen-bond acceptors (Lipinski definition) is 3. The van der Waals surface area contributed by atoms with Gasteiger partial charge in [0.25, 0.3) is 0 Å². The Bertz CT molecular complexity index is 250. The topological polar surface area (TPSA) is 57.7 Å². The van der Waals surface area contributed by atoms with Crippen molar-refractivity contribution in [2.24, 2.45) is 0 Å². The fourth-order valence-corrected chi connectivity index (χ4v) is 1.03. The van der Waals surface area contributed by atoms with Gasteiger partial charge in [-0.1, -0.05) is 13.8 Å². The van der Waals surface area contributed by atoms with E-state index in [-0.39, 0.29) is 5.91 Å². The van der Waals surface area contributed by atoms with E-state index in [1.165, 1.54) is 18.9 Å². The van der Waals surface area contributed by atoms with Crippen LogP contribution in [0.15, 0.2) is 0 Å². The van der Waals surface area contributed by atoms with Crippen molar-refractivity contribution in [2.75, 3.05) is 20.1 Å². The fourth-order valence-electron chi connectivity index (χ4n) is 1.03. The number of piperazine rings is 1. The molecule has 0 aromatic heterocycles. The van der Waals surface area contributed by atoms with Crippen molar-refractivity contribution in [1.29, 1.82) is 0 Å². The fraction of sp³-hybridized carbons (Fsp3) is 0.667. The highest BCUT2D eigenvalue weighted by molar-refractivity contribution is 6.37. The summed E-state index contributed by atoms with van der Waals surface area (Å²) < 4.78 is 0. The molecule has 0 atom stereocenters. The zero-order chi connectivity index (χ0) is 11.3. The molecule has 1 saturated heterocycles. The van der Waals surface area contributed by atoms with Crippen molar-refractivity contribution in [1.82, 2.24) is 9.80 Å². The number of hydrogen-bond donors (Lipinski definition) is 0. The third-order valence-corrected chi connectivity index (χ3v) is 1.81. The first-order chi connectivity index (χ1) is 6.54. The molecule has 14 heavy (non-hydrogen) atoms. The minimum absolute atomic E-state index is 0.302. The van der Waals surface area contributed by atoms with Crippen LogP contribution in [-0.4, -0.2) is 47.7 Å². The smallest absolute Gasteiger partial charge is 0.318 e. The van der Waals surface area contributed by atoms with E-state index >= 15 is 0 Å². The lowest BCUT2D eigenvalue weighted by Crippen LogP contribution is -2.54. The summed E-state index contributed by atoms with van der Waals surface area (Å²) in [6.07, 6.45) is 0. The highest BCUT2D eigenvalue weighted by atomic mass is 16.2. The molecule has 1 aliphatic rings. The third-order valence-electron chi connectivity index (χ3n) is 1.81. The van der Waals surface area contributed by atoms with E-state index in [4.69, 9.17) is 0 Å². The van der Waals surface area contributed by atoms with Crippen LogP contribution in [0, 0.1) is 0 Å². The SMILES string of the molecule is CC.CC(=O)N1CCN(C)C(=O)C1=O. The standard InChI is InChI=1S/C7H10N2O3.C2H6/c1-5(10)9-4-3-8(2)6(11)7(9)12;1-2/h3-4H2,1-2H3;1-2H3. The molecular formula is C9H16N2O3. The molecule has 0 spiro atoms. The van der Waals surface area contributed by atoms with E-state index in [0.29, 0.717) is 13.1 Å². The molecule has 80 valence electrons. The van der Waals surface area contributed by atoms with E-state index < -0.39 is 11.8 Å². The first-order valence-corrected chi connectivity index (χ1v) is 4.61. The molecule has 0 aliphatic carbocycles. The maximum absolute atomic E-state index is 11.1. The normalized spacial score (nSPS) is 16.3. The van der Waals surface area contributed by atoms with Gasteiger partial charge in [-0.25, -0.2) is 0 Å². The number of carbonyl (C=O) groups excluding carboxylic acids is 3. The summed E-state index contributed by atoms with van der Waals surface area (Å²) in [7, 11) is 1.54. The third kappa shape index (κ3) is 2.55. The maximum Gasteiger partial charge on any atom is 0.318 e. The molecule has 1 fully saturated rings. The van der Waals surface area contributed by atoms with Gasteiger partial charge in [0.15, 0.2) is 0 Å². The Morgan fingerprint density at radius 2 is 1.64 bits per heavy atom. The van der Waals surface area contributed by atoms with Crippen molar-refractivity contribution in [3.8, 4) is 0 Å². The molecule has 0 radical (unpaired) electrons. The number of rotatable bonds is 0. The Balaban J connectivity index is 0.000000791. The highest BCUT2D eigenvalue weighted by Crippen LogP contribution is 2.02. The predicted octanol–water partition coefficient (Wildman–Crippen LogP) is -0.140. The largest absolute Gasteiger partial charge is 0.336 e. The van der Waals surface area contributed by atoms with Gasteiger partial charge in [-0.05, 0) is 0 Å². The Morgan fingerprint density at radius 3 is 2.07 bits per heavy atom. The van der Waals surface area contributed by atoms with Gasteiger partial charge in [0.2, 0.25) is 5.91 Å². The Hall–Kier alpha value is -1.39. The van der Waals surface area contributed by atoms with Crippen molar-refractivity contribution in [3.05, 3.63) is 0 Å². The van der Waals surface area contributed by atoms with E-state index in [1.807, 2.05) is 13.8 Å². The number of nitrogens with zero attached hydrogens (tertiary/aromatic N) is 2. The molecule has 5 heteroatoms. The molecule has 3 amide bonds. The highest BCUT2D eigenvalue weighted by Gasteiger charge is 2.32. The van der Waals surface area contributed by atoms with Gasteiger partial charge in [0, 0.05) is 27.1 Å².